The van der Waals surface area contributed by atoms with Crippen LogP contribution in [-0.4, -0.2) is 41.1 Å². The van der Waals surface area contributed by atoms with Gasteiger partial charge in [-0.15, -0.1) is 11.8 Å². The van der Waals surface area contributed by atoms with Gasteiger partial charge in [0.1, 0.15) is 5.41 Å². The molecule has 7 heteroatoms. The first-order valence-electron chi connectivity index (χ1n) is 10.9. The molecule has 3 aromatic carbocycles. The molecule has 176 valence electrons. The highest BCUT2D eigenvalue weighted by Gasteiger charge is 2.56. The predicted molar refractivity (Wildman–Crippen MR) is 133 cm³/mol. The average Bonchev–Trinajstić information content (AvgIpc) is 3.23. The second kappa shape index (κ2) is 10.2. The van der Waals surface area contributed by atoms with Crippen molar-refractivity contribution in [3.05, 3.63) is 88.9 Å². The quantitative estimate of drug-likeness (QED) is 0.396. The first-order chi connectivity index (χ1) is 16.4. The minimum absolute atomic E-state index is 0.364. The molecule has 3 aromatic rings. The third-order valence-electron chi connectivity index (χ3n) is 6.63. The number of aliphatic hydroxyl groups is 1. The van der Waals surface area contributed by atoms with E-state index in [1.165, 1.54) is 18.9 Å². The van der Waals surface area contributed by atoms with E-state index in [-0.39, 0.29) is 5.92 Å². The van der Waals surface area contributed by atoms with Crippen molar-refractivity contribution in [1.82, 2.24) is 0 Å². The van der Waals surface area contributed by atoms with E-state index in [1.807, 2.05) is 48.5 Å². The topological polar surface area (TPSA) is 83.8 Å². The van der Waals surface area contributed by atoms with Gasteiger partial charge in [0.25, 0.3) is 0 Å². The summed E-state index contributed by atoms with van der Waals surface area (Å²) in [5.74, 6) is -1.87. The van der Waals surface area contributed by atoms with Crippen molar-refractivity contribution < 1.29 is 24.5 Å². The predicted octanol–water partition coefficient (Wildman–Crippen LogP) is 5.90. The molecule has 1 fully saturated rings. The Morgan fingerprint density at radius 3 is 2.21 bits per heavy atom. The van der Waals surface area contributed by atoms with Gasteiger partial charge in [0, 0.05) is 21.1 Å². The number of thioether (sulfide) groups is 1. The smallest absolute Gasteiger partial charge is 0.338 e. The molecule has 0 radical (unpaired) electrons. The van der Waals surface area contributed by atoms with Crippen molar-refractivity contribution in [1.29, 1.82) is 0 Å². The van der Waals surface area contributed by atoms with E-state index >= 15 is 0 Å². The first-order valence-corrected chi connectivity index (χ1v) is 12.2. The zero-order chi connectivity index (χ0) is 24.3. The maximum atomic E-state index is 12.7. The van der Waals surface area contributed by atoms with Crippen LogP contribution in [0.5, 0.6) is 0 Å². The van der Waals surface area contributed by atoms with Gasteiger partial charge in [-0.2, -0.15) is 0 Å². The normalized spacial score (nSPS) is 21.9. The van der Waals surface area contributed by atoms with Crippen molar-refractivity contribution in [2.75, 3.05) is 13.7 Å². The average molecular weight is 497 g/mol. The molecule has 0 bridgehead atoms. The summed E-state index contributed by atoms with van der Waals surface area (Å²) in [6.45, 7) is -0.496. The molecule has 0 aliphatic heterocycles. The number of carboxylic acids is 1. The Morgan fingerprint density at radius 2 is 1.62 bits per heavy atom. The van der Waals surface area contributed by atoms with Crippen molar-refractivity contribution in [3.63, 3.8) is 0 Å². The molecule has 5 nitrogen and oxygen atoms in total. The Hall–Kier alpha value is -2.80. The number of halogens is 1. The molecule has 0 unspecified atom stereocenters. The molecule has 1 aliphatic rings. The van der Waals surface area contributed by atoms with Gasteiger partial charge in [0.15, 0.2) is 0 Å². The maximum absolute atomic E-state index is 12.7. The van der Waals surface area contributed by atoms with Crippen molar-refractivity contribution >= 4 is 35.3 Å². The lowest BCUT2D eigenvalue weighted by atomic mass is 9.74. The summed E-state index contributed by atoms with van der Waals surface area (Å²) in [4.78, 5) is 25.5. The summed E-state index contributed by atoms with van der Waals surface area (Å²) in [6, 6.07) is 22.4. The molecular formula is C27H25ClO5S. The fraction of sp³-hybridized carbons (Fsp3) is 0.259. The lowest BCUT2D eigenvalue weighted by molar-refractivity contribution is -0.151. The van der Waals surface area contributed by atoms with Crippen molar-refractivity contribution in [2.24, 2.45) is 5.41 Å². The number of carbonyl (C=O) groups excluding carboxylic acids is 1. The number of hydrogen-bond donors (Lipinski definition) is 2. The Bertz CT molecular complexity index is 1180. The summed E-state index contributed by atoms with van der Waals surface area (Å²) in [5.41, 5.74) is 1.90. The molecule has 2 N–H and O–H groups in total. The SMILES string of the molecule is COC(=O)c1ccccc1S[C@H]1CC[C@@H](c2ccc(-c3ccc(Cl)cc3)cc2)[C@]1(CO)C(=O)O. The number of ether oxygens (including phenoxy) is 1. The van der Waals surface area contributed by atoms with Gasteiger partial charge in [0.2, 0.25) is 0 Å². The monoisotopic (exact) mass is 496 g/mol. The lowest BCUT2D eigenvalue weighted by Crippen LogP contribution is -2.44. The van der Waals surface area contributed by atoms with Gasteiger partial charge < -0.3 is 14.9 Å². The van der Waals surface area contributed by atoms with Crippen molar-refractivity contribution in [2.45, 2.75) is 28.9 Å². The Labute approximate surface area is 207 Å². The summed E-state index contributed by atoms with van der Waals surface area (Å²) >= 11 is 7.31. The molecule has 3 atom stereocenters. The van der Waals surface area contributed by atoms with Crippen LogP contribution in [0.25, 0.3) is 11.1 Å². The van der Waals surface area contributed by atoms with E-state index < -0.39 is 29.2 Å². The number of benzene rings is 3. The number of aliphatic hydroxyl groups excluding tert-OH is 1. The fourth-order valence-electron chi connectivity index (χ4n) is 4.80. The second-order valence-electron chi connectivity index (χ2n) is 8.36. The van der Waals surface area contributed by atoms with E-state index in [0.717, 1.165) is 16.7 Å². The fourth-order valence-corrected chi connectivity index (χ4v) is 6.48. The van der Waals surface area contributed by atoms with Crippen LogP contribution in [-0.2, 0) is 9.53 Å². The third kappa shape index (κ3) is 4.45. The van der Waals surface area contributed by atoms with Gasteiger partial charge in [-0.1, -0.05) is 60.1 Å². The van der Waals surface area contributed by atoms with Gasteiger partial charge in [0.05, 0.1) is 19.3 Å². The molecule has 0 amide bonds. The zero-order valence-electron chi connectivity index (χ0n) is 18.6. The van der Waals surface area contributed by atoms with E-state index in [4.69, 9.17) is 16.3 Å². The van der Waals surface area contributed by atoms with E-state index in [9.17, 15) is 19.8 Å². The third-order valence-corrected chi connectivity index (χ3v) is 8.43. The van der Waals surface area contributed by atoms with Gasteiger partial charge >= 0.3 is 11.9 Å². The van der Waals surface area contributed by atoms with E-state index in [2.05, 4.69) is 0 Å². The van der Waals surface area contributed by atoms with Crippen LogP contribution in [0.15, 0.2) is 77.7 Å². The molecule has 34 heavy (non-hydrogen) atoms. The van der Waals surface area contributed by atoms with Gasteiger partial charge in [-0.25, -0.2) is 4.79 Å². The van der Waals surface area contributed by atoms with E-state index in [1.54, 1.807) is 24.3 Å². The molecule has 1 aliphatic carbocycles. The Kier molecular flexibility index (Phi) is 7.31. The lowest BCUT2D eigenvalue weighted by Gasteiger charge is -2.35. The summed E-state index contributed by atoms with van der Waals surface area (Å²) in [7, 11) is 1.32. The summed E-state index contributed by atoms with van der Waals surface area (Å²) < 4.78 is 4.89. The van der Waals surface area contributed by atoms with Gasteiger partial charge in [-0.3, -0.25) is 4.79 Å². The number of aliphatic carboxylic acids is 1. The van der Waals surface area contributed by atoms with Gasteiger partial charge in [-0.05, 0) is 53.8 Å². The summed E-state index contributed by atoms with van der Waals surface area (Å²) in [6.07, 6.45) is 1.21. The molecule has 0 saturated heterocycles. The molecule has 0 heterocycles. The standard InChI is InChI=1S/C27H25ClO5S/c1-33-25(30)21-4-2-3-5-23(21)34-24-15-14-22(27(24,16-29)26(31)32)19-8-6-17(7-9-19)18-10-12-20(28)13-11-18/h2-13,22,24,29H,14-16H2,1H3,(H,31,32)/t22-,24-,27-/m0/s1. The number of carboxylic acid groups (broad SMARTS) is 1. The Balaban J connectivity index is 1.65. The minimum Gasteiger partial charge on any atom is -0.481 e. The Morgan fingerprint density at radius 1 is 1.00 bits per heavy atom. The highest BCUT2D eigenvalue weighted by molar-refractivity contribution is 8.00. The molecular weight excluding hydrogens is 472 g/mol. The first kappa shape index (κ1) is 24.3. The van der Waals surface area contributed by atoms with Crippen LogP contribution >= 0.6 is 23.4 Å². The van der Waals surface area contributed by atoms with Crippen LogP contribution in [0.1, 0.15) is 34.7 Å². The molecule has 1 saturated carbocycles. The van der Waals surface area contributed by atoms with Crippen LogP contribution in [0.4, 0.5) is 0 Å². The largest absolute Gasteiger partial charge is 0.481 e. The van der Waals surface area contributed by atoms with Crippen LogP contribution < -0.4 is 0 Å². The zero-order valence-corrected chi connectivity index (χ0v) is 20.2. The minimum atomic E-state index is -1.38. The number of esters is 1. The van der Waals surface area contributed by atoms with Crippen LogP contribution in [0, 0.1) is 5.41 Å². The van der Waals surface area contributed by atoms with E-state index in [0.29, 0.717) is 28.3 Å². The molecule has 0 aromatic heterocycles. The number of rotatable bonds is 7. The van der Waals surface area contributed by atoms with Crippen LogP contribution in [0.3, 0.4) is 0 Å². The molecule has 0 spiro atoms. The highest BCUT2D eigenvalue weighted by Crippen LogP contribution is 2.56. The number of carbonyl (C=O) groups is 2. The van der Waals surface area contributed by atoms with Crippen molar-refractivity contribution in [3.8, 4) is 11.1 Å². The maximum Gasteiger partial charge on any atom is 0.338 e. The number of hydrogen-bond acceptors (Lipinski definition) is 5. The van der Waals surface area contributed by atoms with Crippen LogP contribution in [0.2, 0.25) is 5.02 Å². The second-order valence-corrected chi connectivity index (χ2v) is 10.0. The summed E-state index contributed by atoms with van der Waals surface area (Å²) in [5, 5.41) is 21.1. The highest BCUT2D eigenvalue weighted by atomic mass is 35.5. The molecule has 4 rings (SSSR count). The number of methoxy groups -OCH3 is 1.